The number of hydrogen-bond donors (Lipinski definition) is 2. The Morgan fingerprint density at radius 1 is 1.59 bits per heavy atom. The highest BCUT2D eigenvalue weighted by Crippen LogP contribution is 2.20. The van der Waals surface area contributed by atoms with Crippen LogP contribution in [-0.4, -0.2) is 42.2 Å². The van der Waals surface area contributed by atoms with E-state index in [1.807, 2.05) is 7.05 Å². The van der Waals surface area contributed by atoms with E-state index in [1.165, 1.54) is 18.2 Å². The number of hydrogen-bond acceptors (Lipinski definition) is 3. The number of likely N-dealkylation sites (tertiary alicyclic amines) is 1. The lowest BCUT2D eigenvalue weighted by Crippen LogP contribution is -2.24. The maximum Gasteiger partial charge on any atom is 0.335 e. The van der Waals surface area contributed by atoms with Crippen molar-refractivity contribution in [3.8, 4) is 0 Å². The van der Waals surface area contributed by atoms with Gasteiger partial charge in [-0.2, -0.15) is 0 Å². The van der Waals surface area contributed by atoms with Gasteiger partial charge in [-0.15, -0.1) is 0 Å². The Morgan fingerprint density at radius 3 is 2.94 bits per heavy atom. The summed E-state index contributed by atoms with van der Waals surface area (Å²) in [5.74, 6) is -1.46. The molecule has 4 nitrogen and oxygen atoms in total. The van der Waals surface area contributed by atoms with E-state index in [9.17, 15) is 9.18 Å². The van der Waals surface area contributed by atoms with Crippen LogP contribution in [0.4, 0.5) is 10.1 Å². The molecule has 5 heteroatoms. The second-order valence-electron chi connectivity index (χ2n) is 4.39. The molecule has 1 unspecified atom stereocenters. The van der Waals surface area contributed by atoms with Crippen LogP contribution in [0.15, 0.2) is 18.2 Å². The monoisotopic (exact) mass is 238 g/mol. The summed E-state index contributed by atoms with van der Waals surface area (Å²) in [5.41, 5.74) is 0.366. The smallest absolute Gasteiger partial charge is 0.335 e. The van der Waals surface area contributed by atoms with E-state index in [4.69, 9.17) is 5.11 Å². The molecule has 0 bridgehead atoms. The van der Waals surface area contributed by atoms with Crippen LogP contribution in [0, 0.1) is 5.82 Å². The Bertz CT molecular complexity index is 437. The van der Waals surface area contributed by atoms with Crippen LogP contribution in [0.2, 0.25) is 0 Å². The topological polar surface area (TPSA) is 52.6 Å². The van der Waals surface area contributed by atoms with Crippen LogP contribution >= 0.6 is 0 Å². The quantitative estimate of drug-likeness (QED) is 0.840. The summed E-state index contributed by atoms with van der Waals surface area (Å²) < 4.78 is 13.5. The van der Waals surface area contributed by atoms with E-state index in [0.717, 1.165) is 19.5 Å². The molecule has 2 rings (SSSR count). The molecule has 1 saturated heterocycles. The standard InChI is InChI=1S/C12H15FN2O2/c1-15-5-4-9(7-15)14-11-6-8(12(16)17)2-3-10(11)13/h2-3,6,9,14H,4-5,7H2,1H3,(H,16,17). The molecule has 17 heavy (non-hydrogen) atoms. The minimum Gasteiger partial charge on any atom is -0.478 e. The van der Waals surface area contributed by atoms with Crippen LogP contribution < -0.4 is 5.32 Å². The lowest BCUT2D eigenvalue weighted by Gasteiger charge is -2.15. The molecule has 1 heterocycles. The van der Waals surface area contributed by atoms with E-state index >= 15 is 0 Å². The number of carboxylic acids is 1. The van der Waals surface area contributed by atoms with Crippen LogP contribution in [0.5, 0.6) is 0 Å². The summed E-state index contributed by atoms with van der Waals surface area (Å²) in [6.07, 6.45) is 0.938. The van der Waals surface area contributed by atoms with Gasteiger partial charge in [0.05, 0.1) is 11.3 Å². The number of likely N-dealkylation sites (N-methyl/N-ethyl adjacent to an activating group) is 1. The molecule has 0 spiro atoms. The number of carboxylic acid groups (broad SMARTS) is 1. The van der Waals surface area contributed by atoms with Gasteiger partial charge in [0.1, 0.15) is 5.82 Å². The van der Waals surface area contributed by atoms with E-state index in [-0.39, 0.29) is 17.3 Å². The molecule has 1 aliphatic rings. The Morgan fingerprint density at radius 2 is 2.35 bits per heavy atom. The van der Waals surface area contributed by atoms with Crippen LogP contribution in [0.3, 0.4) is 0 Å². The Labute approximate surface area is 99.0 Å². The summed E-state index contributed by atoms with van der Waals surface area (Å²) in [6.45, 7) is 1.81. The molecule has 1 aromatic rings. The number of nitrogens with one attached hydrogen (secondary N) is 1. The van der Waals surface area contributed by atoms with Crippen molar-refractivity contribution in [3.05, 3.63) is 29.6 Å². The Kier molecular flexibility index (Phi) is 3.28. The zero-order chi connectivity index (χ0) is 12.4. The molecular weight excluding hydrogens is 223 g/mol. The zero-order valence-corrected chi connectivity index (χ0v) is 9.61. The predicted molar refractivity (Wildman–Crippen MR) is 62.9 cm³/mol. The SMILES string of the molecule is CN1CCC(Nc2cc(C(=O)O)ccc2F)C1. The average molecular weight is 238 g/mol. The van der Waals surface area contributed by atoms with E-state index in [0.29, 0.717) is 0 Å². The highest BCUT2D eigenvalue weighted by molar-refractivity contribution is 5.88. The number of aromatic carboxylic acids is 1. The van der Waals surface area contributed by atoms with Crippen molar-refractivity contribution in [2.45, 2.75) is 12.5 Å². The third kappa shape index (κ3) is 2.74. The summed E-state index contributed by atoms with van der Waals surface area (Å²) >= 11 is 0. The van der Waals surface area contributed by atoms with Gasteiger partial charge in [0.15, 0.2) is 0 Å². The van der Waals surface area contributed by atoms with Crippen molar-refractivity contribution < 1.29 is 14.3 Å². The lowest BCUT2D eigenvalue weighted by atomic mass is 10.1. The van der Waals surface area contributed by atoms with Crippen molar-refractivity contribution in [1.82, 2.24) is 4.90 Å². The molecule has 0 radical (unpaired) electrons. The Hall–Kier alpha value is -1.62. The molecule has 0 aliphatic carbocycles. The van der Waals surface area contributed by atoms with Gasteiger partial charge in [0, 0.05) is 12.6 Å². The molecular formula is C12H15FN2O2. The highest BCUT2D eigenvalue weighted by Gasteiger charge is 2.20. The number of nitrogens with zero attached hydrogens (tertiary/aromatic N) is 1. The minimum absolute atomic E-state index is 0.0975. The van der Waals surface area contributed by atoms with E-state index in [1.54, 1.807) is 0 Å². The van der Waals surface area contributed by atoms with Gasteiger partial charge in [-0.05, 0) is 38.2 Å². The number of anilines is 1. The van der Waals surface area contributed by atoms with Gasteiger partial charge in [0.2, 0.25) is 0 Å². The second-order valence-corrected chi connectivity index (χ2v) is 4.39. The first-order valence-electron chi connectivity index (χ1n) is 5.54. The van der Waals surface area contributed by atoms with Crippen molar-refractivity contribution in [1.29, 1.82) is 0 Å². The second kappa shape index (κ2) is 4.71. The summed E-state index contributed by atoms with van der Waals surface area (Å²) in [6, 6.07) is 3.97. The fourth-order valence-electron chi connectivity index (χ4n) is 2.04. The molecule has 0 amide bonds. The van der Waals surface area contributed by atoms with E-state index < -0.39 is 11.8 Å². The largest absolute Gasteiger partial charge is 0.478 e. The summed E-state index contributed by atoms with van der Waals surface area (Å²) in [7, 11) is 2.01. The average Bonchev–Trinajstić information content (AvgIpc) is 2.67. The molecule has 1 aliphatic heterocycles. The molecule has 2 N–H and O–H groups in total. The maximum atomic E-state index is 13.5. The first-order valence-corrected chi connectivity index (χ1v) is 5.54. The fourth-order valence-corrected chi connectivity index (χ4v) is 2.04. The molecule has 0 aromatic heterocycles. The maximum absolute atomic E-state index is 13.5. The van der Waals surface area contributed by atoms with Crippen molar-refractivity contribution in [3.63, 3.8) is 0 Å². The number of halogens is 1. The molecule has 0 saturated carbocycles. The first kappa shape index (κ1) is 11.9. The van der Waals surface area contributed by atoms with Gasteiger partial charge in [-0.3, -0.25) is 0 Å². The van der Waals surface area contributed by atoms with Crippen molar-refractivity contribution >= 4 is 11.7 Å². The van der Waals surface area contributed by atoms with Crippen molar-refractivity contribution in [2.24, 2.45) is 0 Å². The van der Waals surface area contributed by atoms with Crippen LogP contribution in [-0.2, 0) is 0 Å². The summed E-state index contributed by atoms with van der Waals surface area (Å²) in [4.78, 5) is 12.9. The molecule has 1 atom stereocenters. The highest BCUT2D eigenvalue weighted by atomic mass is 19.1. The molecule has 92 valence electrons. The third-order valence-electron chi connectivity index (χ3n) is 2.96. The zero-order valence-electron chi connectivity index (χ0n) is 9.61. The summed E-state index contributed by atoms with van der Waals surface area (Å²) in [5, 5.41) is 11.9. The third-order valence-corrected chi connectivity index (χ3v) is 2.96. The van der Waals surface area contributed by atoms with E-state index in [2.05, 4.69) is 10.2 Å². The van der Waals surface area contributed by atoms with Gasteiger partial charge in [-0.1, -0.05) is 0 Å². The predicted octanol–water partition coefficient (Wildman–Crippen LogP) is 1.64. The van der Waals surface area contributed by atoms with Gasteiger partial charge in [-0.25, -0.2) is 9.18 Å². The fraction of sp³-hybridized carbons (Fsp3) is 0.417. The molecule has 1 fully saturated rings. The lowest BCUT2D eigenvalue weighted by molar-refractivity contribution is 0.0697. The number of benzene rings is 1. The Balaban J connectivity index is 2.14. The van der Waals surface area contributed by atoms with Crippen LogP contribution in [0.1, 0.15) is 16.8 Å². The van der Waals surface area contributed by atoms with Gasteiger partial charge in [0.25, 0.3) is 0 Å². The van der Waals surface area contributed by atoms with Crippen molar-refractivity contribution in [2.75, 3.05) is 25.5 Å². The van der Waals surface area contributed by atoms with Gasteiger partial charge >= 0.3 is 5.97 Å². The number of rotatable bonds is 3. The number of carbonyl (C=O) groups is 1. The van der Waals surface area contributed by atoms with Gasteiger partial charge < -0.3 is 15.3 Å². The normalized spacial score (nSPS) is 20.5. The molecule has 1 aromatic carbocycles. The minimum atomic E-state index is -1.04. The van der Waals surface area contributed by atoms with Crippen LogP contribution in [0.25, 0.3) is 0 Å². The first-order chi connectivity index (χ1) is 8.06.